The molecular weight excluding hydrogens is 483 g/mol. The molecule has 9 heteroatoms. The summed E-state index contributed by atoms with van der Waals surface area (Å²) in [7, 11) is 0. The van der Waals surface area contributed by atoms with Crippen molar-refractivity contribution in [1.82, 2.24) is 19.8 Å². The Bertz CT molecular complexity index is 1510. The summed E-state index contributed by atoms with van der Waals surface area (Å²) < 4.78 is 14.8. The predicted molar refractivity (Wildman–Crippen MR) is 138 cm³/mol. The van der Waals surface area contributed by atoms with E-state index in [4.69, 9.17) is 5.73 Å². The maximum absolute atomic E-state index is 14.8. The summed E-state index contributed by atoms with van der Waals surface area (Å²) in [5.74, 6) is -1.37. The maximum Gasteiger partial charge on any atom is 0.266 e. The van der Waals surface area contributed by atoms with Gasteiger partial charge in [0.15, 0.2) is 11.5 Å². The average Bonchev–Trinajstić information content (AvgIpc) is 3.50. The highest BCUT2D eigenvalue weighted by Crippen LogP contribution is 2.40. The van der Waals surface area contributed by atoms with Gasteiger partial charge in [0.1, 0.15) is 12.1 Å². The van der Waals surface area contributed by atoms with Crippen LogP contribution in [0.4, 0.5) is 4.39 Å². The first-order valence-electron chi connectivity index (χ1n) is 12.1. The lowest BCUT2D eigenvalue weighted by atomic mass is 9.83. The number of fused-ring (bicyclic) bond motifs is 1. The second-order valence-electron chi connectivity index (χ2n) is 9.27. The monoisotopic (exact) mass is 506 g/mol. The molecule has 0 saturated heterocycles. The van der Waals surface area contributed by atoms with E-state index in [1.54, 1.807) is 12.3 Å². The minimum Gasteiger partial charge on any atom is -0.369 e. The summed E-state index contributed by atoms with van der Waals surface area (Å²) in [6.45, 7) is 0.614. The summed E-state index contributed by atoms with van der Waals surface area (Å²) >= 11 is 0. The Morgan fingerprint density at radius 1 is 0.974 bits per heavy atom. The molecule has 8 nitrogen and oxygen atoms in total. The molecule has 0 fully saturated rings. The maximum atomic E-state index is 14.8. The number of hydrogen-bond donors (Lipinski definition) is 1. The van der Waals surface area contributed by atoms with Crippen LogP contribution in [0, 0.1) is 5.82 Å². The quantitative estimate of drug-likeness (QED) is 0.447. The van der Waals surface area contributed by atoms with E-state index in [-0.39, 0.29) is 30.5 Å². The highest BCUT2D eigenvalue weighted by molar-refractivity contribution is 6.09. The summed E-state index contributed by atoms with van der Waals surface area (Å²) in [4.78, 5) is 43.1. The highest BCUT2D eigenvalue weighted by atomic mass is 19.1. The second-order valence-corrected chi connectivity index (χ2v) is 9.27. The molecule has 1 aromatic heterocycles. The molecule has 0 spiro atoms. The Hall–Kier alpha value is -4.92. The molecule has 2 aliphatic heterocycles. The van der Waals surface area contributed by atoms with E-state index in [0.29, 0.717) is 23.2 Å². The first kappa shape index (κ1) is 23.5. The van der Waals surface area contributed by atoms with Crippen molar-refractivity contribution in [2.45, 2.75) is 25.2 Å². The Balaban J connectivity index is 1.31. The number of amides is 2. The first-order chi connectivity index (χ1) is 18.5. The number of aromatic nitrogens is 2. The van der Waals surface area contributed by atoms with Crippen LogP contribution in [0.5, 0.6) is 0 Å². The molecule has 0 bridgehead atoms. The van der Waals surface area contributed by atoms with Crippen LogP contribution in [0.1, 0.15) is 38.3 Å². The van der Waals surface area contributed by atoms with Gasteiger partial charge in [-0.3, -0.25) is 14.5 Å². The lowest BCUT2D eigenvalue weighted by molar-refractivity contribution is -0.130. The molecule has 0 saturated carbocycles. The SMILES string of the molecule is NC1=NC(c2ccccc2)(c2ccccc2)C(=O)N1Cc1ccc(F)c(C(=O)N2Cc3cncnc3C2)c1. The number of carbonyl (C=O) groups excluding carboxylic acids is 2. The molecule has 0 aliphatic carbocycles. The number of carbonyl (C=O) groups is 2. The summed E-state index contributed by atoms with van der Waals surface area (Å²) in [6.07, 6.45) is 3.09. The molecule has 2 amide bonds. The third-order valence-electron chi connectivity index (χ3n) is 6.97. The van der Waals surface area contributed by atoms with Gasteiger partial charge in [0, 0.05) is 18.3 Å². The van der Waals surface area contributed by atoms with Crippen LogP contribution in [-0.2, 0) is 30.0 Å². The molecule has 188 valence electrons. The van der Waals surface area contributed by atoms with Crippen molar-refractivity contribution in [2.24, 2.45) is 10.7 Å². The highest BCUT2D eigenvalue weighted by Gasteiger charge is 2.50. The van der Waals surface area contributed by atoms with Crippen molar-refractivity contribution in [3.8, 4) is 0 Å². The number of nitrogens with zero attached hydrogens (tertiary/aromatic N) is 5. The molecule has 2 aliphatic rings. The average molecular weight is 507 g/mol. The second kappa shape index (κ2) is 9.19. The number of aliphatic imine (C=N–C) groups is 1. The minimum atomic E-state index is -1.34. The van der Waals surface area contributed by atoms with Crippen LogP contribution in [0.3, 0.4) is 0 Å². The van der Waals surface area contributed by atoms with Crippen molar-refractivity contribution in [3.63, 3.8) is 0 Å². The number of rotatable bonds is 5. The fraction of sp³-hybridized carbons (Fsp3) is 0.138. The number of halogens is 1. The zero-order chi connectivity index (χ0) is 26.3. The van der Waals surface area contributed by atoms with Crippen LogP contribution in [0.25, 0.3) is 0 Å². The Morgan fingerprint density at radius 3 is 2.32 bits per heavy atom. The van der Waals surface area contributed by atoms with Crippen molar-refractivity contribution >= 4 is 17.8 Å². The van der Waals surface area contributed by atoms with E-state index in [2.05, 4.69) is 15.0 Å². The number of benzene rings is 3. The molecule has 2 N–H and O–H groups in total. The molecule has 6 rings (SSSR count). The summed E-state index contributed by atoms with van der Waals surface area (Å²) in [5, 5.41) is 0. The Labute approximate surface area is 218 Å². The Morgan fingerprint density at radius 2 is 1.66 bits per heavy atom. The van der Waals surface area contributed by atoms with Gasteiger partial charge in [0.25, 0.3) is 11.8 Å². The molecule has 0 radical (unpaired) electrons. The van der Waals surface area contributed by atoms with Crippen LogP contribution in [0.2, 0.25) is 0 Å². The van der Waals surface area contributed by atoms with E-state index in [1.165, 1.54) is 28.3 Å². The zero-order valence-corrected chi connectivity index (χ0v) is 20.3. The fourth-order valence-corrected chi connectivity index (χ4v) is 5.07. The normalized spacial score (nSPS) is 15.9. The molecule has 3 aromatic carbocycles. The van der Waals surface area contributed by atoms with Gasteiger partial charge in [-0.05, 0) is 28.8 Å². The molecule has 4 aromatic rings. The van der Waals surface area contributed by atoms with Gasteiger partial charge < -0.3 is 10.6 Å². The smallest absolute Gasteiger partial charge is 0.266 e. The van der Waals surface area contributed by atoms with E-state index in [0.717, 1.165) is 11.3 Å². The molecular formula is C29H23FN6O2. The van der Waals surface area contributed by atoms with Gasteiger partial charge in [-0.25, -0.2) is 19.4 Å². The lowest BCUT2D eigenvalue weighted by Gasteiger charge is -2.27. The summed E-state index contributed by atoms with van der Waals surface area (Å²) in [6, 6.07) is 22.8. The van der Waals surface area contributed by atoms with Gasteiger partial charge in [-0.2, -0.15) is 0 Å². The molecule has 38 heavy (non-hydrogen) atoms. The van der Waals surface area contributed by atoms with Gasteiger partial charge >= 0.3 is 0 Å². The zero-order valence-electron chi connectivity index (χ0n) is 20.3. The lowest BCUT2D eigenvalue weighted by Crippen LogP contribution is -2.43. The molecule has 3 heterocycles. The molecule has 0 atom stereocenters. The van der Waals surface area contributed by atoms with Crippen molar-refractivity contribution in [1.29, 1.82) is 0 Å². The van der Waals surface area contributed by atoms with Crippen molar-refractivity contribution in [2.75, 3.05) is 0 Å². The standard InChI is InChI=1S/C29H23FN6O2/c30-24-12-11-19(13-23(24)26(37)35-16-20-14-32-18-33-25(20)17-35)15-36-27(38)29(34-28(36)31,21-7-3-1-4-8-21)22-9-5-2-6-10-22/h1-14,18H,15-17H2,(H2,31,34). The van der Waals surface area contributed by atoms with Gasteiger partial charge in [0.05, 0.1) is 24.3 Å². The largest absolute Gasteiger partial charge is 0.369 e. The minimum absolute atomic E-state index is 0.0296. The van der Waals surface area contributed by atoms with Crippen molar-refractivity contribution < 1.29 is 14.0 Å². The topological polar surface area (TPSA) is 105 Å². The van der Waals surface area contributed by atoms with Gasteiger partial charge in [-0.1, -0.05) is 66.7 Å². The van der Waals surface area contributed by atoms with Crippen LogP contribution in [0.15, 0.2) is 96.4 Å². The predicted octanol–water partition coefficient (Wildman–Crippen LogP) is 3.37. The van der Waals surface area contributed by atoms with Gasteiger partial charge in [-0.15, -0.1) is 0 Å². The van der Waals surface area contributed by atoms with Crippen LogP contribution in [-0.4, -0.2) is 37.5 Å². The third-order valence-corrected chi connectivity index (χ3v) is 6.97. The first-order valence-corrected chi connectivity index (χ1v) is 12.1. The number of hydrogen-bond acceptors (Lipinski definition) is 6. The van der Waals surface area contributed by atoms with Crippen LogP contribution < -0.4 is 5.73 Å². The van der Waals surface area contributed by atoms with E-state index in [1.807, 2.05) is 60.7 Å². The number of guanidine groups is 1. The van der Waals surface area contributed by atoms with E-state index >= 15 is 0 Å². The van der Waals surface area contributed by atoms with Gasteiger partial charge in [0.2, 0.25) is 0 Å². The van der Waals surface area contributed by atoms with E-state index in [9.17, 15) is 14.0 Å². The molecule has 0 unspecified atom stereocenters. The van der Waals surface area contributed by atoms with Crippen LogP contribution >= 0.6 is 0 Å². The van der Waals surface area contributed by atoms with Crippen molar-refractivity contribution in [3.05, 3.63) is 131 Å². The Kier molecular flexibility index (Phi) is 5.68. The summed E-state index contributed by atoms with van der Waals surface area (Å²) in [5.41, 5.74) is 8.42. The number of nitrogens with two attached hydrogens (primary N) is 1. The van der Waals surface area contributed by atoms with E-state index < -0.39 is 17.3 Å². The fourth-order valence-electron chi connectivity index (χ4n) is 5.07. The third kappa shape index (κ3) is 3.80.